The molecule has 100 valence electrons. The molecule has 0 radical (unpaired) electrons. The minimum atomic E-state index is -0.595. The van der Waals surface area contributed by atoms with Crippen molar-refractivity contribution in [3.63, 3.8) is 0 Å². The molecule has 2 heterocycles. The fraction of sp³-hybridized carbons (Fsp3) is 0.154. The molecule has 0 bridgehead atoms. The fourth-order valence-corrected chi connectivity index (χ4v) is 3.19. The Bertz CT molecular complexity index is 779. The largest absolute Gasteiger partial charge is 0.325 e. The van der Waals surface area contributed by atoms with Crippen LogP contribution in [-0.4, -0.2) is 21.5 Å². The molecule has 0 atom stereocenters. The zero-order chi connectivity index (χ0) is 14.4. The van der Waals surface area contributed by atoms with Gasteiger partial charge in [-0.25, -0.2) is 0 Å². The van der Waals surface area contributed by atoms with Crippen LogP contribution in [0.4, 0.5) is 5.00 Å². The zero-order valence-electron chi connectivity index (χ0n) is 10.4. The number of hydrogen-bond donors (Lipinski definition) is 0. The van der Waals surface area contributed by atoms with Crippen molar-refractivity contribution >= 4 is 27.9 Å². The van der Waals surface area contributed by atoms with Gasteiger partial charge >= 0.3 is 5.00 Å². The number of rotatable bonds is 2. The molecule has 2 aromatic heterocycles. The van der Waals surface area contributed by atoms with Gasteiger partial charge in [-0.3, -0.25) is 24.7 Å². The van der Waals surface area contributed by atoms with E-state index in [4.69, 9.17) is 0 Å². The number of ketones is 2. The van der Waals surface area contributed by atoms with Crippen LogP contribution in [0.5, 0.6) is 0 Å². The number of nitro groups is 1. The maximum Gasteiger partial charge on any atom is 0.325 e. The molecule has 0 aromatic carbocycles. The van der Waals surface area contributed by atoms with Crippen molar-refractivity contribution in [3.8, 4) is 0 Å². The topological polar surface area (TPSA) is 90.2 Å². The molecule has 0 N–H and O–H groups in total. The summed E-state index contributed by atoms with van der Waals surface area (Å²) in [6.07, 6.45) is 2.07. The first kappa shape index (κ1) is 12.6. The molecule has 3 rings (SSSR count). The smallest absolute Gasteiger partial charge is 0.288 e. The van der Waals surface area contributed by atoms with Crippen LogP contribution in [0.1, 0.15) is 43.8 Å². The molecule has 7 heteroatoms. The highest BCUT2D eigenvalue weighted by molar-refractivity contribution is 7.17. The van der Waals surface area contributed by atoms with E-state index >= 15 is 0 Å². The van der Waals surface area contributed by atoms with Gasteiger partial charge in [-0.1, -0.05) is 18.3 Å². The second-order valence-corrected chi connectivity index (χ2v) is 5.32. The SMILES string of the molecule is CCc1ccnc2c1C(=O)c1sc([N+](=O)[O-])cc1C2=O. The van der Waals surface area contributed by atoms with Crippen LogP contribution in [0.2, 0.25) is 0 Å². The molecule has 0 fully saturated rings. The lowest BCUT2D eigenvalue weighted by Gasteiger charge is -2.15. The number of aromatic nitrogens is 1. The maximum atomic E-state index is 12.5. The van der Waals surface area contributed by atoms with Crippen LogP contribution in [0.3, 0.4) is 0 Å². The molecule has 6 nitrogen and oxygen atoms in total. The Labute approximate surface area is 117 Å². The monoisotopic (exact) mass is 288 g/mol. The van der Waals surface area contributed by atoms with Crippen LogP contribution >= 0.6 is 11.3 Å². The fourth-order valence-electron chi connectivity index (χ4n) is 2.27. The molecule has 1 aliphatic rings. The molecule has 20 heavy (non-hydrogen) atoms. The van der Waals surface area contributed by atoms with Gasteiger partial charge in [-0.2, -0.15) is 0 Å². The summed E-state index contributed by atoms with van der Waals surface area (Å²) in [5.74, 6) is -0.771. The number of hydrogen-bond acceptors (Lipinski definition) is 6. The number of carbonyl (C=O) groups excluding carboxylic acids is 2. The van der Waals surface area contributed by atoms with Gasteiger partial charge in [0.05, 0.1) is 20.9 Å². The number of fused-ring (bicyclic) bond motifs is 2. The summed E-state index contributed by atoms with van der Waals surface area (Å²) in [6.45, 7) is 1.87. The zero-order valence-corrected chi connectivity index (χ0v) is 11.2. The first-order chi connectivity index (χ1) is 9.54. The number of carbonyl (C=O) groups is 2. The minimum absolute atomic E-state index is 0.0833. The summed E-state index contributed by atoms with van der Waals surface area (Å²) in [5, 5.41) is 10.6. The van der Waals surface area contributed by atoms with Gasteiger partial charge in [0.15, 0.2) is 0 Å². The van der Waals surface area contributed by atoms with Crippen molar-refractivity contribution in [1.82, 2.24) is 4.98 Å². The van der Waals surface area contributed by atoms with E-state index < -0.39 is 10.7 Å². The Morgan fingerprint density at radius 2 is 2.10 bits per heavy atom. The maximum absolute atomic E-state index is 12.5. The van der Waals surface area contributed by atoms with Crippen LogP contribution in [0.15, 0.2) is 18.3 Å². The average Bonchev–Trinajstić information content (AvgIpc) is 2.89. The van der Waals surface area contributed by atoms with E-state index in [1.54, 1.807) is 6.07 Å². The molecule has 0 saturated heterocycles. The van der Waals surface area contributed by atoms with Crippen LogP contribution < -0.4 is 0 Å². The van der Waals surface area contributed by atoms with Crippen molar-refractivity contribution in [2.45, 2.75) is 13.3 Å². The minimum Gasteiger partial charge on any atom is -0.288 e. The third-order valence-corrected chi connectivity index (χ3v) is 4.30. The van der Waals surface area contributed by atoms with Crippen LogP contribution in [-0.2, 0) is 6.42 Å². The molecular weight excluding hydrogens is 280 g/mol. The summed E-state index contributed by atoms with van der Waals surface area (Å²) in [4.78, 5) is 39.1. The Morgan fingerprint density at radius 1 is 1.35 bits per heavy atom. The highest BCUT2D eigenvalue weighted by atomic mass is 32.1. The molecule has 2 aromatic rings. The molecule has 0 unspecified atom stereocenters. The van der Waals surface area contributed by atoms with Crippen LogP contribution in [0, 0.1) is 10.1 Å². The second-order valence-electron chi connectivity index (χ2n) is 4.29. The molecule has 0 aliphatic heterocycles. The van der Waals surface area contributed by atoms with Crippen molar-refractivity contribution in [1.29, 1.82) is 0 Å². The predicted octanol–water partition coefficient (Wildman–Crippen LogP) is 2.39. The highest BCUT2D eigenvalue weighted by Crippen LogP contribution is 2.37. The molecular formula is C13H8N2O4S. The standard InChI is InChI=1S/C13H8N2O4S/c1-2-6-3-4-14-10-9(6)12(17)13-7(11(10)16)5-8(20-13)15(18)19/h3-5H,2H2,1H3. The lowest BCUT2D eigenvalue weighted by molar-refractivity contribution is -0.380. The van der Waals surface area contributed by atoms with E-state index in [0.717, 1.165) is 23.0 Å². The van der Waals surface area contributed by atoms with Gasteiger partial charge in [-0.05, 0) is 18.1 Å². The van der Waals surface area contributed by atoms with Gasteiger partial charge in [0, 0.05) is 12.3 Å². The molecule has 0 amide bonds. The molecule has 1 aliphatic carbocycles. The van der Waals surface area contributed by atoms with Crippen molar-refractivity contribution in [2.24, 2.45) is 0 Å². The van der Waals surface area contributed by atoms with Gasteiger partial charge in [-0.15, -0.1) is 0 Å². The number of aryl methyl sites for hydroxylation is 1. The third-order valence-electron chi connectivity index (χ3n) is 3.21. The Kier molecular flexibility index (Phi) is 2.72. The first-order valence-electron chi connectivity index (χ1n) is 5.90. The number of pyridine rings is 1. The lowest BCUT2D eigenvalue weighted by Crippen LogP contribution is -2.22. The number of nitrogens with zero attached hydrogens (tertiary/aromatic N) is 2. The van der Waals surface area contributed by atoms with E-state index in [9.17, 15) is 19.7 Å². The predicted molar refractivity (Wildman–Crippen MR) is 71.5 cm³/mol. The Hall–Kier alpha value is -2.41. The summed E-state index contributed by atoms with van der Waals surface area (Å²) >= 11 is 0.741. The summed E-state index contributed by atoms with van der Waals surface area (Å²) in [7, 11) is 0. The second kappa shape index (κ2) is 4.31. The normalized spacial score (nSPS) is 13.1. The average molecular weight is 288 g/mol. The van der Waals surface area contributed by atoms with Crippen molar-refractivity contribution < 1.29 is 14.5 Å². The third kappa shape index (κ3) is 1.60. The number of thiophene rings is 1. The van der Waals surface area contributed by atoms with E-state index in [2.05, 4.69) is 4.98 Å². The van der Waals surface area contributed by atoms with E-state index in [0.29, 0.717) is 6.42 Å². The van der Waals surface area contributed by atoms with Crippen LogP contribution in [0.25, 0.3) is 0 Å². The quantitative estimate of drug-likeness (QED) is 0.533. The van der Waals surface area contributed by atoms with E-state index in [1.807, 2.05) is 6.92 Å². The highest BCUT2D eigenvalue weighted by Gasteiger charge is 2.36. The summed E-state index contributed by atoms with van der Waals surface area (Å²) in [5.41, 5.74) is 1.19. The van der Waals surface area contributed by atoms with E-state index in [-0.39, 0.29) is 32.5 Å². The lowest BCUT2D eigenvalue weighted by atomic mass is 9.89. The van der Waals surface area contributed by atoms with E-state index in [1.165, 1.54) is 6.20 Å². The molecule has 0 spiro atoms. The summed E-state index contributed by atoms with van der Waals surface area (Å²) < 4.78 is 0. The van der Waals surface area contributed by atoms with Gasteiger partial charge in [0.25, 0.3) is 0 Å². The van der Waals surface area contributed by atoms with Gasteiger partial charge in [0.1, 0.15) is 5.69 Å². The first-order valence-corrected chi connectivity index (χ1v) is 6.71. The van der Waals surface area contributed by atoms with Crippen molar-refractivity contribution in [2.75, 3.05) is 0 Å². The molecule has 0 saturated carbocycles. The Balaban J connectivity index is 2.28. The summed E-state index contributed by atoms with van der Waals surface area (Å²) in [6, 6.07) is 2.85. The van der Waals surface area contributed by atoms with Gasteiger partial charge < -0.3 is 0 Å². The van der Waals surface area contributed by atoms with Gasteiger partial charge in [0.2, 0.25) is 11.6 Å². The Morgan fingerprint density at radius 3 is 2.75 bits per heavy atom. The van der Waals surface area contributed by atoms with Crippen molar-refractivity contribution in [3.05, 3.63) is 55.7 Å².